The van der Waals surface area contributed by atoms with Crippen molar-refractivity contribution in [3.8, 4) is 0 Å². The fourth-order valence-corrected chi connectivity index (χ4v) is 3.19. The third-order valence-electron chi connectivity index (χ3n) is 4.93. The Morgan fingerprint density at radius 3 is 3.00 bits per heavy atom. The van der Waals surface area contributed by atoms with Crippen LogP contribution in [-0.2, 0) is 6.54 Å². The van der Waals surface area contributed by atoms with Gasteiger partial charge in [0.1, 0.15) is 5.65 Å². The van der Waals surface area contributed by atoms with Crippen molar-refractivity contribution in [2.75, 3.05) is 5.32 Å². The number of rotatable bonds is 4. The summed E-state index contributed by atoms with van der Waals surface area (Å²) in [5.74, 6) is 0.256. The highest BCUT2D eigenvalue weighted by Gasteiger charge is 2.19. The van der Waals surface area contributed by atoms with Gasteiger partial charge in [-0.1, -0.05) is 13.0 Å². The molecule has 0 amide bonds. The number of hydrogen-bond acceptors (Lipinski definition) is 5. The Bertz CT molecular complexity index is 1010. The van der Waals surface area contributed by atoms with Crippen molar-refractivity contribution in [2.45, 2.75) is 45.8 Å². The molecule has 3 aromatic heterocycles. The van der Waals surface area contributed by atoms with Gasteiger partial charge in [0, 0.05) is 36.6 Å². The molecule has 4 rings (SSSR count). The molecule has 0 radical (unpaired) electrons. The molecule has 1 aliphatic rings. The summed E-state index contributed by atoms with van der Waals surface area (Å²) in [6.45, 7) is 6.97. The SMILES string of the molecule is CC[C@H](C)Nc1ncc2c(n1)CN[C@H](C)C=C2c1ccc2ncc(F)n2c1. The van der Waals surface area contributed by atoms with Crippen molar-refractivity contribution in [3.63, 3.8) is 0 Å². The van der Waals surface area contributed by atoms with Gasteiger partial charge in [-0.2, -0.15) is 4.39 Å². The summed E-state index contributed by atoms with van der Waals surface area (Å²) in [6, 6.07) is 4.24. The first-order valence-electron chi connectivity index (χ1n) is 9.26. The quantitative estimate of drug-likeness (QED) is 0.741. The second-order valence-corrected chi connectivity index (χ2v) is 6.98. The first-order chi connectivity index (χ1) is 13.0. The summed E-state index contributed by atoms with van der Waals surface area (Å²) in [5.41, 5.74) is 4.37. The molecule has 7 heteroatoms. The topological polar surface area (TPSA) is 67.1 Å². The lowest BCUT2D eigenvalue weighted by molar-refractivity contribution is 0.573. The molecule has 27 heavy (non-hydrogen) atoms. The zero-order chi connectivity index (χ0) is 19.0. The van der Waals surface area contributed by atoms with E-state index in [-0.39, 0.29) is 12.0 Å². The van der Waals surface area contributed by atoms with Gasteiger partial charge in [0.2, 0.25) is 11.9 Å². The number of anilines is 1. The Morgan fingerprint density at radius 2 is 2.19 bits per heavy atom. The van der Waals surface area contributed by atoms with Crippen LogP contribution in [0, 0.1) is 5.95 Å². The van der Waals surface area contributed by atoms with E-state index in [0.29, 0.717) is 24.2 Å². The van der Waals surface area contributed by atoms with Crippen molar-refractivity contribution in [2.24, 2.45) is 0 Å². The number of nitrogens with zero attached hydrogens (tertiary/aromatic N) is 4. The number of hydrogen-bond donors (Lipinski definition) is 2. The Hall–Kier alpha value is -2.80. The van der Waals surface area contributed by atoms with E-state index in [2.05, 4.69) is 47.4 Å². The fraction of sp³-hybridized carbons (Fsp3) is 0.350. The number of fused-ring (bicyclic) bond motifs is 2. The summed E-state index contributed by atoms with van der Waals surface area (Å²) in [5, 5.41) is 6.78. The largest absolute Gasteiger partial charge is 0.352 e. The van der Waals surface area contributed by atoms with Gasteiger partial charge in [-0.15, -0.1) is 0 Å². The lowest BCUT2D eigenvalue weighted by Crippen LogP contribution is -2.23. The van der Waals surface area contributed by atoms with Gasteiger partial charge < -0.3 is 10.6 Å². The summed E-state index contributed by atoms with van der Waals surface area (Å²) in [6.07, 6.45) is 7.99. The van der Waals surface area contributed by atoms with E-state index in [0.717, 1.165) is 28.8 Å². The summed E-state index contributed by atoms with van der Waals surface area (Å²) >= 11 is 0. The maximum Gasteiger partial charge on any atom is 0.223 e. The monoisotopic (exact) mass is 366 g/mol. The molecule has 0 aromatic carbocycles. The summed E-state index contributed by atoms with van der Waals surface area (Å²) in [7, 11) is 0. The molecular weight excluding hydrogens is 343 g/mol. The maximum absolute atomic E-state index is 14.0. The van der Waals surface area contributed by atoms with E-state index in [9.17, 15) is 4.39 Å². The molecule has 2 N–H and O–H groups in total. The number of halogens is 1. The molecule has 0 unspecified atom stereocenters. The molecule has 0 saturated heterocycles. The molecule has 4 heterocycles. The van der Waals surface area contributed by atoms with Crippen molar-refractivity contribution < 1.29 is 4.39 Å². The Balaban J connectivity index is 1.78. The van der Waals surface area contributed by atoms with Crippen LogP contribution in [0.15, 0.2) is 36.8 Å². The average Bonchev–Trinajstić information content (AvgIpc) is 2.96. The van der Waals surface area contributed by atoms with E-state index in [1.165, 1.54) is 10.6 Å². The Morgan fingerprint density at radius 1 is 1.33 bits per heavy atom. The smallest absolute Gasteiger partial charge is 0.223 e. The Kier molecular flexibility index (Phi) is 4.61. The average molecular weight is 366 g/mol. The van der Waals surface area contributed by atoms with Gasteiger partial charge in [-0.3, -0.25) is 4.40 Å². The standard InChI is InChI=1S/C20H23FN6/c1-4-12(2)25-20-24-8-16-15(7-13(3)22-9-17(16)26-20)14-5-6-19-23-10-18(21)27(19)11-14/h5-8,10-13,22H,4,9H2,1-3H3,(H,24,25,26)/t12-,13+/m0/s1. The zero-order valence-electron chi connectivity index (χ0n) is 15.7. The van der Waals surface area contributed by atoms with E-state index >= 15 is 0 Å². The van der Waals surface area contributed by atoms with Crippen molar-refractivity contribution in [3.05, 3.63) is 59.6 Å². The zero-order valence-corrected chi connectivity index (χ0v) is 15.7. The highest BCUT2D eigenvalue weighted by Crippen LogP contribution is 2.29. The second kappa shape index (κ2) is 7.08. The molecule has 1 aliphatic heterocycles. The van der Waals surface area contributed by atoms with E-state index in [1.54, 1.807) is 6.20 Å². The molecule has 3 aromatic rings. The van der Waals surface area contributed by atoms with Crippen LogP contribution in [0.25, 0.3) is 11.2 Å². The normalized spacial score (nSPS) is 17.9. The molecule has 6 nitrogen and oxygen atoms in total. The summed E-state index contributed by atoms with van der Waals surface area (Å²) in [4.78, 5) is 13.3. The molecule has 2 atom stereocenters. The number of aromatic nitrogens is 4. The lowest BCUT2D eigenvalue weighted by atomic mass is 9.98. The van der Waals surface area contributed by atoms with Crippen LogP contribution in [-0.4, -0.2) is 31.4 Å². The lowest BCUT2D eigenvalue weighted by Gasteiger charge is -2.15. The first-order valence-corrected chi connectivity index (χ1v) is 9.26. The second-order valence-electron chi connectivity index (χ2n) is 6.98. The van der Waals surface area contributed by atoms with Crippen LogP contribution < -0.4 is 10.6 Å². The number of imidazole rings is 1. The molecule has 0 spiro atoms. The van der Waals surface area contributed by atoms with Gasteiger partial charge >= 0.3 is 0 Å². The number of pyridine rings is 1. The fourth-order valence-electron chi connectivity index (χ4n) is 3.19. The third-order valence-corrected chi connectivity index (χ3v) is 4.93. The van der Waals surface area contributed by atoms with Crippen LogP contribution >= 0.6 is 0 Å². The molecule has 0 saturated carbocycles. The van der Waals surface area contributed by atoms with Gasteiger partial charge in [0.05, 0.1) is 11.9 Å². The van der Waals surface area contributed by atoms with E-state index in [1.807, 2.05) is 18.3 Å². The van der Waals surface area contributed by atoms with Crippen LogP contribution in [0.5, 0.6) is 0 Å². The third kappa shape index (κ3) is 3.42. The molecule has 140 valence electrons. The van der Waals surface area contributed by atoms with Crippen LogP contribution in [0.2, 0.25) is 0 Å². The highest BCUT2D eigenvalue weighted by molar-refractivity contribution is 5.81. The van der Waals surface area contributed by atoms with Crippen molar-refractivity contribution >= 4 is 17.2 Å². The van der Waals surface area contributed by atoms with Gasteiger partial charge in [-0.05, 0) is 43.5 Å². The first kappa shape index (κ1) is 17.6. The van der Waals surface area contributed by atoms with Gasteiger partial charge in [0.15, 0.2) is 0 Å². The minimum absolute atomic E-state index is 0.156. The van der Waals surface area contributed by atoms with Crippen molar-refractivity contribution in [1.82, 2.24) is 24.7 Å². The van der Waals surface area contributed by atoms with Gasteiger partial charge in [-0.25, -0.2) is 15.0 Å². The minimum atomic E-state index is -0.378. The highest BCUT2D eigenvalue weighted by atomic mass is 19.1. The minimum Gasteiger partial charge on any atom is -0.352 e. The number of nitrogens with one attached hydrogen (secondary N) is 2. The van der Waals surface area contributed by atoms with Crippen molar-refractivity contribution in [1.29, 1.82) is 0 Å². The predicted molar refractivity (Wildman–Crippen MR) is 104 cm³/mol. The van der Waals surface area contributed by atoms with Gasteiger partial charge in [0.25, 0.3) is 0 Å². The molecular formula is C20H23FN6. The van der Waals surface area contributed by atoms with Crippen LogP contribution in [0.3, 0.4) is 0 Å². The molecule has 0 bridgehead atoms. The van der Waals surface area contributed by atoms with E-state index < -0.39 is 0 Å². The molecule has 0 aliphatic carbocycles. The van der Waals surface area contributed by atoms with Crippen LogP contribution in [0.4, 0.5) is 10.3 Å². The Labute approximate surface area is 157 Å². The van der Waals surface area contributed by atoms with E-state index in [4.69, 9.17) is 4.98 Å². The molecule has 0 fully saturated rings. The predicted octanol–water partition coefficient (Wildman–Crippen LogP) is 3.40. The summed E-state index contributed by atoms with van der Waals surface area (Å²) < 4.78 is 15.4. The maximum atomic E-state index is 14.0. The van der Waals surface area contributed by atoms with Crippen LogP contribution in [0.1, 0.15) is 44.0 Å².